The highest BCUT2D eigenvalue weighted by atomic mass is 19.1. The number of ether oxygens (including phenoxy) is 1. The summed E-state index contributed by atoms with van der Waals surface area (Å²) in [5, 5.41) is 5.10. The summed E-state index contributed by atoms with van der Waals surface area (Å²) >= 11 is 0. The van der Waals surface area contributed by atoms with Crippen LogP contribution in [-0.2, 0) is 9.53 Å². The Morgan fingerprint density at radius 3 is 2.26 bits per heavy atom. The summed E-state index contributed by atoms with van der Waals surface area (Å²) in [4.78, 5) is 23.2. The highest BCUT2D eigenvalue weighted by Crippen LogP contribution is 2.10. The third kappa shape index (κ3) is 9.27. The zero-order valence-corrected chi connectivity index (χ0v) is 12.4. The zero-order chi connectivity index (χ0) is 15.1. The van der Waals surface area contributed by atoms with E-state index in [-0.39, 0.29) is 30.8 Å². The second-order valence-electron chi connectivity index (χ2n) is 5.74. The normalized spacial score (nSPS) is 13.0. The number of alkyl halides is 1. The van der Waals surface area contributed by atoms with E-state index in [1.807, 2.05) is 13.8 Å². The van der Waals surface area contributed by atoms with Crippen LogP contribution >= 0.6 is 0 Å². The van der Waals surface area contributed by atoms with E-state index >= 15 is 0 Å². The van der Waals surface area contributed by atoms with Crippen molar-refractivity contribution < 1.29 is 18.7 Å². The highest BCUT2D eigenvalue weighted by molar-refractivity contribution is 5.77. The predicted molar refractivity (Wildman–Crippen MR) is 71.6 cm³/mol. The largest absolute Gasteiger partial charge is 0.444 e. The molecular formula is C13H25FN2O3. The first-order valence-electron chi connectivity index (χ1n) is 6.48. The standard InChI is InChI=1S/C13H25FN2O3/c1-9(2)10(8-11(17)15-7-6-14)16-12(18)19-13(3,4)5/h9-10H,6-8H2,1-5H3,(H,15,17)(H,16,18)/t10-/m1/s1. The number of amides is 2. The maximum absolute atomic E-state index is 11.9. The molecule has 0 aromatic carbocycles. The lowest BCUT2D eigenvalue weighted by Gasteiger charge is -2.25. The first-order chi connectivity index (χ1) is 8.65. The van der Waals surface area contributed by atoms with Gasteiger partial charge in [-0.3, -0.25) is 4.79 Å². The Hall–Kier alpha value is -1.33. The van der Waals surface area contributed by atoms with Crippen LogP contribution in [0.25, 0.3) is 0 Å². The average Bonchev–Trinajstić information content (AvgIpc) is 2.22. The maximum Gasteiger partial charge on any atom is 0.407 e. The third-order valence-corrected chi connectivity index (χ3v) is 2.33. The molecule has 0 saturated carbocycles. The molecule has 2 N–H and O–H groups in total. The van der Waals surface area contributed by atoms with Gasteiger partial charge in [0.1, 0.15) is 12.3 Å². The van der Waals surface area contributed by atoms with Crippen LogP contribution in [0.2, 0.25) is 0 Å². The van der Waals surface area contributed by atoms with Crippen molar-refractivity contribution in [3.8, 4) is 0 Å². The quantitative estimate of drug-likeness (QED) is 0.780. The Balaban J connectivity index is 4.34. The van der Waals surface area contributed by atoms with E-state index in [4.69, 9.17) is 4.74 Å². The fourth-order valence-electron chi connectivity index (χ4n) is 1.37. The molecule has 0 fully saturated rings. The number of halogens is 1. The monoisotopic (exact) mass is 276 g/mol. The van der Waals surface area contributed by atoms with Crippen molar-refractivity contribution in [2.75, 3.05) is 13.2 Å². The van der Waals surface area contributed by atoms with Gasteiger partial charge in [-0.2, -0.15) is 0 Å². The average molecular weight is 276 g/mol. The van der Waals surface area contributed by atoms with Crippen LogP contribution in [0.5, 0.6) is 0 Å². The minimum absolute atomic E-state index is 0.00388. The van der Waals surface area contributed by atoms with Gasteiger partial charge in [0, 0.05) is 19.0 Å². The Bertz CT molecular complexity index is 301. The molecular weight excluding hydrogens is 251 g/mol. The van der Waals surface area contributed by atoms with Crippen molar-refractivity contribution >= 4 is 12.0 Å². The van der Waals surface area contributed by atoms with Crippen LogP contribution in [0.15, 0.2) is 0 Å². The third-order valence-electron chi connectivity index (χ3n) is 2.33. The minimum Gasteiger partial charge on any atom is -0.444 e. The second kappa shape index (κ2) is 7.96. The number of nitrogens with one attached hydrogen (secondary N) is 2. The second-order valence-corrected chi connectivity index (χ2v) is 5.74. The van der Waals surface area contributed by atoms with E-state index in [0.717, 1.165) is 0 Å². The van der Waals surface area contributed by atoms with E-state index in [1.54, 1.807) is 20.8 Å². The van der Waals surface area contributed by atoms with E-state index in [1.165, 1.54) is 0 Å². The summed E-state index contributed by atoms with van der Waals surface area (Å²) in [6.45, 7) is 8.49. The summed E-state index contributed by atoms with van der Waals surface area (Å²) in [5.41, 5.74) is -0.581. The Morgan fingerprint density at radius 1 is 1.26 bits per heavy atom. The minimum atomic E-state index is -0.600. The van der Waals surface area contributed by atoms with Crippen molar-refractivity contribution in [1.82, 2.24) is 10.6 Å². The molecule has 0 rings (SSSR count). The molecule has 2 amide bonds. The van der Waals surface area contributed by atoms with Crippen molar-refractivity contribution in [2.24, 2.45) is 5.92 Å². The molecule has 0 bridgehead atoms. The number of rotatable bonds is 6. The molecule has 0 saturated heterocycles. The summed E-state index contributed by atoms with van der Waals surface area (Å²) in [5.74, 6) is -0.212. The molecule has 0 aromatic rings. The van der Waals surface area contributed by atoms with Crippen LogP contribution < -0.4 is 10.6 Å². The van der Waals surface area contributed by atoms with Crippen molar-refractivity contribution in [1.29, 1.82) is 0 Å². The lowest BCUT2D eigenvalue weighted by atomic mass is 10.0. The number of hydrogen-bond acceptors (Lipinski definition) is 3. The van der Waals surface area contributed by atoms with E-state index in [2.05, 4.69) is 10.6 Å². The molecule has 0 aliphatic heterocycles. The summed E-state index contributed by atoms with van der Waals surface area (Å²) < 4.78 is 17.1. The van der Waals surface area contributed by atoms with Gasteiger partial charge in [-0.15, -0.1) is 0 Å². The molecule has 0 spiro atoms. The summed E-state index contributed by atoms with van der Waals surface area (Å²) in [7, 11) is 0. The SMILES string of the molecule is CC(C)[C@@H](CC(=O)NCCF)NC(=O)OC(C)(C)C. The summed E-state index contributed by atoms with van der Waals surface area (Å²) in [6, 6.07) is -0.338. The van der Waals surface area contributed by atoms with Gasteiger partial charge in [0.15, 0.2) is 0 Å². The molecule has 1 atom stereocenters. The first-order valence-corrected chi connectivity index (χ1v) is 6.48. The Kier molecular flexibility index (Phi) is 7.41. The topological polar surface area (TPSA) is 67.4 Å². The molecule has 0 aliphatic carbocycles. The molecule has 19 heavy (non-hydrogen) atoms. The van der Waals surface area contributed by atoms with Crippen molar-refractivity contribution in [2.45, 2.75) is 52.7 Å². The van der Waals surface area contributed by atoms with Gasteiger partial charge < -0.3 is 15.4 Å². The molecule has 0 heterocycles. The van der Waals surface area contributed by atoms with Gasteiger partial charge in [0.05, 0.1) is 0 Å². The lowest BCUT2D eigenvalue weighted by molar-refractivity contribution is -0.121. The highest BCUT2D eigenvalue weighted by Gasteiger charge is 2.23. The van der Waals surface area contributed by atoms with E-state index in [0.29, 0.717) is 0 Å². The first kappa shape index (κ1) is 17.7. The van der Waals surface area contributed by atoms with Crippen molar-refractivity contribution in [3.63, 3.8) is 0 Å². The molecule has 5 nitrogen and oxygen atoms in total. The zero-order valence-electron chi connectivity index (χ0n) is 12.4. The molecule has 112 valence electrons. The van der Waals surface area contributed by atoms with Gasteiger partial charge in [0.2, 0.25) is 5.91 Å². The predicted octanol–water partition coefficient (Wildman–Crippen LogP) is 2.01. The fraction of sp³-hybridized carbons (Fsp3) is 0.846. The van der Waals surface area contributed by atoms with Gasteiger partial charge in [0.25, 0.3) is 0 Å². The van der Waals surface area contributed by atoms with Crippen LogP contribution in [0.3, 0.4) is 0 Å². The number of carbonyl (C=O) groups excluding carboxylic acids is 2. The van der Waals surface area contributed by atoms with E-state index in [9.17, 15) is 14.0 Å². The van der Waals surface area contributed by atoms with E-state index < -0.39 is 18.4 Å². The number of alkyl carbamates (subject to hydrolysis) is 1. The maximum atomic E-state index is 11.9. The van der Waals surface area contributed by atoms with Gasteiger partial charge in [-0.05, 0) is 26.7 Å². The summed E-state index contributed by atoms with van der Waals surface area (Å²) in [6.07, 6.45) is -0.443. The van der Waals surface area contributed by atoms with Crippen LogP contribution in [0.4, 0.5) is 9.18 Å². The molecule has 0 unspecified atom stereocenters. The van der Waals surface area contributed by atoms with Gasteiger partial charge in [-0.1, -0.05) is 13.8 Å². The van der Waals surface area contributed by atoms with Crippen molar-refractivity contribution in [3.05, 3.63) is 0 Å². The van der Waals surface area contributed by atoms with Gasteiger partial charge in [-0.25, -0.2) is 9.18 Å². The molecule has 6 heteroatoms. The number of hydrogen-bond donors (Lipinski definition) is 2. The Labute approximate surface area is 114 Å². The smallest absolute Gasteiger partial charge is 0.407 e. The number of carbonyl (C=O) groups is 2. The fourth-order valence-corrected chi connectivity index (χ4v) is 1.37. The molecule has 0 aliphatic rings. The van der Waals surface area contributed by atoms with Crippen LogP contribution in [-0.4, -0.2) is 36.9 Å². The van der Waals surface area contributed by atoms with Crippen LogP contribution in [0, 0.1) is 5.92 Å². The molecule has 0 radical (unpaired) electrons. The molecule has 0 aromatic heterocycles. The van der Waals surface area contributed by atoms with Crippen LogP contribution in [0.1, 0.15) is 41.0 Å². The lowest BCUT2D eigenvalue weighted by Crippen LogP contribution is -2.44. The van der Waals surface area contributed by atoms with Gasteiger partial charge >= 0.3 is 6.09 Å². The Morgan fingerprint density at radius 2 is 1.84 bits per heavy atom.